The maximum absolute atomic E-state index is 10.2. The summed E-state index contributed by atoms with van der Waals surface area (Å²) in [6.45, 7) is 2.23. The lowest BCUT2D eigenvalue weighted by atomic mass is 10.1. The molecule has 0 aliphatic heterocycles. The molecule has 100 valence electrons. The first-order valence-electron chi connectivity index (χ1n) is 6.90. The molecule has 0 unspecified atom stereocenters. The van der Waals surface area contributed by atoms with E-state index in [0.29, 0.717) is 12.8 Å². The molecule has 18 heavy (non-hydrogen) atoms. The maximum atomic E-state index is 10.2. The van der Waals surface area contributed by atoms with Gasteiger partial charge in [0.1, 0.15) is 0 Å². The zero-order valence-electron chi connectivity index (χ0n) is 11.4. The van der Waals surface area contributed by atoms with Gasteiger partial charge in [0, 0.05) is 12.8 Å². The number of carboxylic acids is 1. The fourth-order valence-corrected chi connectivity index (χ4v) is 1.51. The summed E-state index contributed by atoms with van der Waals surface area (Å²) in [4.78, 5) is 10.2. The predicted molar refractivity (Wildman–Crippen MR) is 75.0 cm³/mol. The van der Waals surface area contributed by atoms with E-state index in [2.05, 4.69) is 30.6 Å². The summed E-state index contributed by atoms with van der Waals surface area (Å²) in [5.41, 5.74) is 0. The van der Waals surface area contributed by atoms with E-state index in [1.165, 1.54) is 38.5 Å². The van der Waals surface area contributed by atoms with Gasteiger partial charge < -0.3 is 5.11 Å². The number of rotatable bonds is 8. The van der Waals surface area contributed by atoms with Crippen LogP contribution in [0.4, 0.5) is 0 Å². The van der Waals surface area contributed by atoms with Gasteiger partial charge in [0.25, 0.3) is 0 Å². The molecule has 1 N–H and O–H groups in total. The summed E-state index contributed by atoms with van der Waals surface area (Å²) in [6.07, 6.45) is 9.84. The Morgan fingerprint density at radius 3 is 2.17 bits per heavy atom. The summed E-state index contributed by atoms with van der Waals surface area (Å²) >= 11 is 0. The fourth-order valence-electron chi connectivity index (χ4n) is 1.51. The van der Waals surface area contributed by atoms with Gasteiger partial charge in [-0.05, 0) is 6.42 Å². The molecule has 0 saturated heterocycles. The SMILES string of the molecule is CCCCCCCCC#CCC#CCCC(=O)O. The van der Waals surface area contributed by atoms with Crippen LogP contribution in [0.15, 0.2) is 0 Å². The van der Waals surface area contributed by atoms with Gasteiger partial charge in [-0.3, -0.25) is 4.79 Å². The van der Waals surface area contributed by atoms with E-state index >= 15 is 0 Å². The standard InChI is InChI=1S/C16H24O2/c1-2-3-4-5-6-7-8-9-10-11-12-13-14-15-16(17)18/h2-8,11,14-15H2,1H3,(H,17,18). The first-order chi connectivity index (χ1) is 8.77. The second-order valence-corrected chi connectivity index (χ2v) is 4.30. The van der Waals surface area contributed by atoms with Crippen LogP contribution in [-0.2, 0) is 4.79 Å². The molecule has 0 spiro atoms. The largest absolute Gasteiger partial charge is 0.481 e. The zero-order valence-corrected chi connectivity index (χ0v) is 11.4. The van der Waals surface area contributed by atoms with Gasteiger partial charge in [0.05, 0.1) is 12.8 Å². The highest BCUT2D eigenvalue weighted by Gasteiger charge is 1.90. The van der Waals surface area contributed by atoms with E-state index in [-0.39, 0.29) is 6.42 Å². The Labute approximate surface area is 111 Å². The second-order valence-electron chi connectivity index (χ2n) is 4.30. The van der Waals surface area contributed by atoms with Crippen molar-refractivity contribution in [3.05, 3.63) is 0 Å². The van der Waals surface area contributed by atoms with Crippen LogP contribution in [0.1, 0.15) is 71.1 Å². The number of carbonyl (C=O) groups is 1. The van der Waals surface area contributed by atoms with Crippen molar-refractivity contribution in [1.29, 1.82) is 0 Å². The normalized spacial score (nSPS) is 8.94. The number of unbranched alkanes of at least 4 members (excludes halogenated alkanes) is 6. The second kappa shape index (κ2) is 13.7. The highest BCUT2D eigenvalue weighted by Crippen LogP contribution is 2.06. The van der Waals surface area contributed by atoms with Crippen molar-refractivity contribution >= 4 is 5.97 Å². The molecule has 0 aromatic carbocycles. The Kier molecular flexibility index (Phi) is 12.6. The third-order valence-corrected chi connectivity index (χ3v) is 2.55. The minimum atomic E-state index is -0.793. The third-order valence-electron chi connectivity index (χ3n) is 2.55. The summed E-state index contributed by atoms with van der Waals surface area (Å²) < 4.78 is 0. The molecule has 0 rings (SSSR count). The molecule has 0 fully saturated rings. The zero-order chi connectivity index (χ0) is 13.5. The van der Waals surface area contributed by atoms with Crippen LogP contribution in [0, 0.1) is 23.7 Å². The Balaban J connectivity index is 3.31. The van der Waals surface area contributed by atoms with Crippen molar-refractivity contribution in [1.82, 2.24) is 0 Å². The van der Waals surface area contributed by atoms with Crippen LogP contribution in [0.25, 0.3) is 0 Å². The van der Waals surface area contributed by atoms with Crippen LogP contribution in [0.2, 0.25) is 0 Å². The number of carboxylic acid groups (broad SMARTS) is 1. The molecule has 0 aliphatic carbocycles. The van der Waals surface area contributed by atoms with Crippen LogP contribution in [0.3, 0.4) is 0 Å². The van der Waals surface area contributed by atoms with Crippen LogP contribution < -0.4 is 0 Å². The van der Waals surface area contributed by atoms with E-state index in [1.807, 2.05) is 0 Å². The van der Waals surface area contributed by atoms with Crippen molar-refractivity contribution in [3.8, 4) is 23.7 Å². The van der Waals surface area contributed by atoms with Gasteiger partial charge >= 0.3 is 5.97 Å². The Bertz CT molecular complexity index is 322. The molecular weight excluding hydrogens is 224 g/mol. The topological polar surface area (TPSA) is 37.3 Å². The van der Waals surface area contributed by atoms with Crippen molar-refractivity contribution in [2.24, 2.45) is 0 Å². The lowest BCUT2D eigenvalue weighted by Gasteiger charge is -1.96. The van der Waals surface area contributed by atoms with Gasteiger partial charge in [0.15, 0.2) is 0 Å². The third kappa shape index (κ3) is 14.6. The lowest BCUT2D eigenvalue weighted by Crippen LogP contribution is -1.91. The Hall–Kier alpha value is -1.41. The molecular formula is C16H24O2. The van der Waals surface area contributed by atoms with Crippen LogP contribution in [0.5, 0.6) is 0 Å². The molecule has 0 heterocycles. The van der Waals surface area contributed by atoms with Crippen molar-refractivity contribution in [3.63, 3.8) is 0 Å². The molecule has 0 atom stereocenters. The molecule has 0 radical (unpaired) electrons. The quantitative estimate of drug-likeness (QED) is 0.521. The minimum Gasteiger partial charge on any atom is -0.481 e. The average molecular weight is 248 g/mol. The first kappa shape index (κ1) is 16.6. The molecule has 0 amide bonds. The van der Waals surface area contributed by atoms with Crippen LogP contribution in [-0.4, -0.2) is 11.1 Å². The van der Waals surface area contributed by atoms with E-state index in [9.17, 15) is 4.79 Å². The molecule has 0 aromatic rings. The summed E-state index contributed by atoms with van der Waals surface area (Å²) in [5.74, 6) is 11.0. The lowest BCUT2D eigenvalue weighted by molar-refractivity contribution is -0.136. The maximum Gasteiger partial charge on any atom is 0.304 e. The van der Waals surface area contributed by atoms with E-state index in [0.717, 1.165) is 6.42 Å². The summed E-state index contributed by atoms with van der Waals surface area (Å²) in [7, 11) is 0. The van der Waals surface area contributed by atoms with Crippen molar-refractivity contribution < 1.29 is 9.90 Å². The van der Waals surface area contributed by atoms with Gasteiger partial charge in [-0.15, -0.1) is 11.8 Å². The molecule has 0 aromatic heterocycles. The highest BCUT2D eigenvalue weighted by atomic mass is 16.4. The molecule has 0 bridgehead atoms. The molecule has 2 nitrogen and oxygen atoms in total. The van der Waals surface area contributed by atoms with Gasteiger partial charge in [0.2, 0.25) is 0 Å². The van der Waals surface area contributed by atoms with E-state index < -0.39 is 5.97 Å². The Morgan fingerprint density at radius 2 is 1.50 bits per heavy atom. The molecule has 2 heteroatoms. The van der Waals surface area contributed by atoms with Crippen LogP contribution >= 0.6 is 0 Å². The van der Waals surface area contributed by atoms with Gasteiger partial charge in [-0.1, -0.05) is 50.9 Å². The number of hydrogen-bond donors (Lipinski definition) is 1. The predicted octanol–water partition coefficient (Wildman–Crippen LogP) is 4.00. The minimum absolute atomic E-state index is 0.123. The van der Waals surface area contributed by atoms with Crippen molar-refractivity contribution in [2.45, 2.75) is 71.1 Å². The highest BCUT2D eigenvalue weighted by molar-refractivity contribution is 5.66. The smallest absolute Gasteiger partial charge is 0.304 e. The van der Waals surface area contributed by atoms with E-state index in [1.54, 1.807) is 0 Å². The number of aliphatic carboxylic acids is 1. The first-order valence-corrected chi connectivity index (χ1v) is 6.90. The summed E-state index contributed by atoms with van der Waals surface area (Å²) in [6, 6.07) is 0. The summed E-state index contributed by atoms with van der Waals surface area (Å²) in [5, 5.41) is 8.39. The molecule has 0 saturated carbocycles. The van der Waals surface area contributed by atoms with E-state index in [4.69, 9.17) is 5.11 Å². The monoisotopic (exact) mass is 248 g/mol. The van der Waals surface area contributed by atoms with Crippen molar-refractivity contribution in [2.75, 3.05) is 0 Å². The Morgan fingerprint density at radius 1 is 0.889 bits per heavy atom. The average Bonchev–Trinajstić information content (AvgIpc) is 2.34. The van der Waals surface area contributed by atoms with Gasteiger partial charge in [-0.2, -0.15) is 0 Å². The fraction of sp³-hybridized carbons (Fsp3) is 0.688. The number of hydrogen-bond acceptors (Lipinski definition) is 1. The molecule has 0 aliphatic rings. The van der Waals surface area contributed by atoms with Gasteiger partial charge in [-0.25, -0.2) is 0 Å².